The van der Waals surface area contributed by atoms with Gasteiger partial charge in [-0.15, -0.1) is 0 Å². The molecule has 0 aromatic carbocycles. The van der Waals surface area contributed by atoms with E-state index in [0.717, 1.165) is 26.2 Å². The number of hydrogen-bond donors (Lipinski definition) is 1. The summed E-state index contributed by atoms with van der Waals surface area (Å²) < 4.78 is 4.79. The van der Waals surface area contributed by atoms with Gasteiger partial charge < -0.3 is 10.1 Å². The lowest BCUT2D eigenvalue weighted by atomic mass is 10.0. The Balaban J connectivity index is 1.85. The molecule has 1 radical (unpaired) electrons. The third kappa shape index (κ3) is 4.24. The first-order valence-corrected chi connectivity index (χ1v) is 4.82. The van der Waals surface area contributed by atoms with Crippen LogP contribution in [-0.4, -0.2) is 38.8 Å². The highest BCUT2D eigenvalue weighted by Gasteiger charge is 2.16. The Bertz CT molecular complexity index is 158. The highest BCUT2D eigenvalue weighted by Crippen LogP contribution is 2.01. The van der Waals surface area contributed by atoms with Gasteiger partial charge in [0.15, 0.2) is 0 Å². The van der Waals surface area contributed by atoms with E-state index in [-0.39, 0.29) is 5.97 Å². The molecule has 1 rings (SSSR count). The summed E-state index contributed by atoms with van der Waals surface area (Å²) in [6, 6.07) is 0. The summed E-state index contributed by atoms with van der Waals surface area (Å²) in [5.41, 5.74) is 0. The fraction of sp³-hybridized carbons (Fsp3) is 0.889. The Morgan fingerprint density at radius 2 is 2.38 bits per heavy atom. The van der Waals surface area contributed by atoms with Gasteiger partial charge >= 0.3 is 5.97 Å². The zero-order valence-electron chi connectivity index (χ0n) is 8.08. The molecule has 1 saturated heterocycles. The normalized spacial score (nSPS) is 16.7. The van der Waals surface area contributed by atoms with Gasteiger partial charge in [0.05, 0.1) is 13.0 Å². The first kappa shape index (κ1) is 10.5. The average Bonchev–Trinajstić information content (AvgIpc) is 2.01. The molecule has 13 heavy (non-hydrogen) atoms. The van der Waals surface area contributed by atoms with Crippen LogP contribution in [0.25, 0.3) is 0 Å². The quantitative estimate of drug-likeness (QED) is 0.459. The first-order valence-electron chi connectivity index (χ1n) is 4.82. The van der Waals surface area contributed by atoms with Gasteiger partial charge in [-0.25, -0.2) is 5.32 Å². The monoisotopic (exact) mass is 185 g/mol. The minimum Gasteiger partial charge on any atom is -0.466 e. The zero-order chi connectivity index (χ0) is 9.52. The zero-order valence-corrected chi connectivity index (χ0v) is 8.08. The SMILES string of the molecule is CCOC(=O)CCNCC1C[N]C1. The van der Waals surface area contributed by atoms with Crippen LogP contribution in [0.3, 0.4) is 0 Å². The third-order valence-corrected chi connectivity index (χ3v) is 2.02. The average molecular weight is 185 g/mol. The molecule has 1 aliphatic heterocycles. The molecule has 0 amide bonds. The Labute approximate surface area is 79.0 Å². The van der Waals surface area contributed by atoms with E-state index in [1.807, 2.05) is 6.92 Å². The van der Waals surface area contributed by atoms with Crippen molar-refractivity contribution in [3.8, 4) is 0 Å². The number of carbonyl (C=O) groups is 1. The van der Waals surface area contributed by atoms with Crippen molar-refractivity contribution in [1.29, 1.82) is 0 Å². The molecule has 0 aromatic heterocycles. The van der Waals surface area contributed by atoms with Gasteiger partial charge in [0.25, 0.3) is 0 Å². The van der Waals surface area contributed by atoms with E-state index in [1.165, 1.54) is 0 Å². The second kappa shape index (κ2) is 5.94. The lowest BCUT2D eigenvalue weighted by molar-refractivity contribution is -0.142. The van der Waals surface area contributed by atoms with Crippen LogP contribution in [0.2, 0.25) is 0 Å². The Kier molecular flexibility index (Phi) is 4.78. The van der Waals surface area contributed by atoms with E-state index >= 15 is 0 Å². The molecule has 1 aliphatic rings. The van der Waals surface area contributed by atoms with Gasteiger partial charge in [-0.3, -0.25) is 4.79 Å². The van der Waals surface area contributed by atoms with E-state index in [4.69, 9.17) is 4.74 Å². The number of carbonyl (C=O) groups excluding carboxylic acids is 1. The molecule has 0 bridgehead atoms. The number of nitrogens with zero attached hydrogens (tertiary/aromatic N) is 1. The second-order valence-electron chi connectivity index (χ2n) is 3.21. The number of rotatable bonds is 6. The number of esters is 1. The van der Waals surface area contributed by atoms with Gasteiger partial charge in [0.2, 0.25) is 0 Å². The van der Waals surface area contributed by atoms with Crippen LogP contribution >= 0.6 is 0 Å². The minimum atomic E-state index is -0.117. The number of ether oxygens (including phenoxy) is 1. The van der Waals surface area contributed by atoms with Gasteiger partial charge in [-0.1, -0.05) is 0 Å². The van der Waals surface area contributed by atoms with E-state index < -0.39 is 0 Å². The van der Waals surface area contributed by atoms with Crippen LogP contribution in [0.1, 0.15) is 13.3 Å². The predicted molar refractivity (Wildman–Crippen MR) is 49.5 cm³/mol. The highest BCUT2D eigenvalue weighted by molar-refractivity contribution is 5.69. The lowest BCUT2D eigenvalue weighted by Crippen LogP contribution is -2.42. The topological polar surface area (TPSA) is 52.4 Å². The molecule has 0 spiro atoms. The molecule has 0 atom stereocenters. The molecule has 1 fully saturated rings. The molecule has 4 heteroatoms. The molecule has 0 saturated carbocycles. The fourth-order valence-electron chi connectivity index (χ4n) is 1.17. The van der Waals surface area contributed by atoms with Crippen molar-refractivity contribution in [3.63, 3.8) is 0 Å². The standard InChI is InChI=1S/C9H17N2O2/c1-2-13-9(12)3-4-10-5-8-6-11-7-8/h8,10H,2-7H2,1H3. The molecule has 1 heterocycles. The van der Waals surface area contributed by atoms with Crippen molar-refractivity contribution < 1.29 is 9.53 Å². The Morgan fingerprint density at radius 1 is 1.62 bits per heavy atom. The first-order chi connectivity index (χ1) is 6.33. The fourth-order valence-corrected chi connectivity index (χ4v) is 1.17. The van der Waals surface area contributed by atoms with E-state index in [1.54, 1.807) is 0 Å². The van der Waals surface area contributed by atoms with Crippen molar-refractivity contribution in [2.24, 2.45) is 5.92 Å². The van der Waals surface area contributed by atoms with Gasteiger partial charge in [0, 0.05) is 26.2 Å². The summed E-state index contributed by atoms with van der Waals surface area (Å²) in [4.78, 5) is 10.9. The second-order valence-corrected chi connectivity index (χ2v) is 3.21. The van der Waals surface area contributed by atoms with Crippen molar-refractivity contribution in [2.75, 3.05) is 32.8 Å². The Hall–Kier alpha value is -0.610. The molecule has 0 aliphatic carbocycles. The maximum atomic E-state index is 10.9. The van der Waals surface area contributed by atoms with Crippen LogP contribution in [0.4, 0.5) is 0 Å². The maximum Gasteiger partial charge on any atom is 0.307 e. The molecule has 75 valence electrons. The molecule has 0 aromatic rings. The molecule has 1 N–H and O–H groups in total. The van der Waals surface area contributed by atoms with E-state index in [9.17, 15) is 4.79 Å². The van der Waals surface area contributed by atoms with Crippen molar-refractivity contribution in [1.82, 2.24) is 10.6 Å². The molecular weight excluding hydrogens is 168 g/mol. The number of nitrogens with one attached hydrogen (secondary N) is 1. The van der Waals surface area contributed by atoms with Crippen molar-refractivity contribution in [3.05, 3.63) is 0 Å². The summed E-state index contributed by atoms with van der Waals surface area (Å²) in [6.07, 6.45) is 0.470. The van der Waals surface area contributed by atoms with Crippen molar-refractivity contribution >= 4 is 5.97 Å². The summed E-state index contributed by atoms with van der Waals surface area (Å²) >= 11 is 0. The van der Waals surface area contributed by atoms with Gasteiger partial charge in [-0.2, -0.15) is 0 Å². The summed E-state index contributed by atoms with van der Waals surface area (Å²) in [5, 5.41) is 7.33. The molecule has 4 nitrogen and oxygen atoms in total. The largest absolute Gasteiger partial charge is 0.466 e. The van der Waals surface area contributed by atoms with Crippen LogP contribution in [-0.2, 0) is 9.53 Å². The van der Waals surface area contributed by atoms with Crippen LogP contribution in [0.15, 0.2) is 0 Å². The maximum absolute atomic E-state index is 10.9. The molecule has 0 unspecified atom stereocenters. The van der Waals surface area contributed by atoms with E-state index in [2.05, 4.69) is 10.6 Å². The highest BCUT2D eigenvalue weighted by atomic mass is 16.5. The summed E-state index contributed by atoms with van der Waals surface area (Å²) in [7, 11) is 0. The van der Waals surface area contributed by atoms with E-state index in [0.29, 0.717) is 18.9 Å². The minimum absolute atomic E-state index is 0.117. The smallest absolute Gasteiger partial charge is 0.307 e. The third-order valence-electron chi connectivity index (χ3n) is 2.02. The summed E-state index contributed by atoms with van der Waals surface area (Å²) in [5.74, 6) is 0.579. The predicted octanol–water partition coefficient (Wildman–Crippen LogP) is -0.237. The molecular formula is C9H17N2O2. The van der Waals surface area contributed by atoms with Crippen LogP contribution < -0.4 is 10.6 Å². The number of hydrogen-bond acceptors (Lipinski definition) is 3. The van der Waals surface area contributed by atoms with Crippen LogP contribution in [0, 0.1) is 5.92 Å². The lowest BCUT2D eigenvalue weighted by Gasteiger charge is -2.25. The summed E-state index contributed by atoms with van der Waals surface area (Å²) in [6.45, 7) is 5.94. The van der Waals surface area contributed by atoms with Gasteiger partial charge in [-0.05, 0) is 12.8 Å². The Morgan fingerprint density at radius 3 is 2.92 bits per heavy atom. The van der Waals surface area contributed by atoms with Crippen molar-refractivity contribution in [2.45, 2.75) is 13.3 Å². The van der Waals surface area contributed by atoms with Crippen LogP contribution in [0.5, 0.6) is 0 Å². The van der Waals surface area contributed by atoms with Gasteiger partial charge in [0.1, 0.15) is 0 Å².